The van der Waals surface area contributed by atoms with Gasteiger partial charge in [0, 0.05) is 46.7 Å². The number of fused-ring (bicyclic) bond motifs is 12. The number of hydrogen-bond donors (Lipinski definition) is 0. The van der Waals surface area contributed by atoms with E-state index in [1.165, 1.54) is 74.5 Å². The van der Waals surface area contributed by atoms with Crippen LogP contribution in [0.15, 0.2) is 204 Å². The van der Waals surface area contributed by atoms with Gasteiger partial charge in [-0.25, -0.2) is 9.97 Å². The third-order valence-electron chi connectivity index (χ3n) is 11.8. The van der Waals surface area contributed by atoms with Gasteiger partial charge >= 0.3 is 0 Å². The summed E-state index contributed by atoms with van der Waals surface area (Å²) in [6, 6.07) is 70.6. The van der Waals surface area contributed by atoms with Crippen LogP contribution in [0.5, 0.6) is 0 Å². The molecular formula is C53H32N2S2. The van der Waals surface area contributed by atoms with Crippen LogP contribution in [-0.4, -0.2) is 9.97 Å². The topological polar surface area (TPSA) is 25.8 Å². The molecule has 1 aliphatic carbocycles. The van der Waals surface area contributed by atoms with Crippen molar-refractivity contribution in [2.45, 2.75) is 15.2 Å². The molecule has 0 fully saturated rings. The molecule has 0 amide bonds. The summed E-state index contributed by atoms with van der Waals surface area (Å²) in [5.74, 6) is 0.721. The van der Waals surface area contributed by atoms with Crippen molar-refractivity contribution in [1.29, 1.82) is 0 Å². The van der Waals surface area contributed by atoms with Gasteiger partial charge in [-0.3, -0.25) is 0 Å². The maximum Gasteiger partial charge on any atom is 0.160 e. The molecule has 8 aromatic carbocycles. The summed E-state index contributed by atoms with van der Waals surface area (Å²) < 4.78 is 2.61. The molecule has 4 heteroatoms. The van der Waals surface area contributed by atoms with Gasteiger partial charge in [-0.1, -0.05) is 169 Å². The van der Waals surface area contributed by atoms with E-state index in [-0.39, 0.29) is 0 Å². The SMILES string of the molecule is c1ccc(-c2cc(-c3cccc(-c4cccc5c4sc4cc6c(cc45)C4(c5ccccc5Sc5ccccc54)c4ccccc4-6)c3)nc(-c3ccccc3)n2)cc1. The second-order valence-corrected chi connectivity index (χ2v) is 17.0. The molecule has 1 aliphatic heterocycles. The van der Waals surface area contributed by atoms with Crippen LogP contribution in [0.1, 0.15) is 22.3 Å². The minimum Gasteiger partial charge on any atom is -0.228 e. The third-order valence-corrected chi connectivity index (χ3v) is 14.1. The first kappa shape index (κ1) is 32.6. The highest BCUT2D eigenvalue weighted by Crippen LogP contribution is 2.63. The first-order valence-electron chi connectivity index (χ1n) is 19.3. The Bertz CT molecular complexity index is 3120. The highest BCUT2D eigenvalue weighted by molar-refractivity contribution is 7.99. The van der Waals surface area contributed by atoms with Gasteiger partial charge in [-0.2, -0.15) is 0 Å². The Morgan fingerprint density at radius 1 is 0.368 bits per heavy atom. The van der Waals surface area contributed by atoms with Crippen molar-refractivity contribution in [3.8, 4) is 56.2 Å². The zero-order valence-electron chi connectivity index (χ0n) is 30.7. The van der Waals surface area contributed by atoms with Crippen molar-refractivity contribution in [3.63, 3.8) is 0 Å². The van der Waals surface area contributed by atoms with Crippen molar-refractivity contribution in [1.82, 2.24) is 9.97 Å². The molecular weight excluding hydrogens is 729 g/mol. The van der Waals surface area contributed by atoms with Crippen LogP contribution >= 0.6 is 23.1 Å². The standard InChI is InChI=1S/C53H32N2S2/c1-3-15-33(16-4-1)46-32-47(55-52(54-46)34-17-5-2-6-18-34)36-20-13-19-35(29-36)37-22-14-23-39-41-30-45-40(31-50(41)57-51(37)39)38-21-7-8-24-42(38)53(45)43-25-9-11-27-48(43)56-49-28-12-10-26-44(49)53/h1-32H. The Balaban J connectivity index is 1.05. The van der Waals surface area contributed by atoms with Crippen LogP contribution in [0, 0.1) is 0 Å². The first-order chi connectivity index (χ1) is 28.2. The smallest absolute Gasteiger partial charge is 0.160 e. The number of aromatic nitrogens is 2. The first-order valence-corrected chi connectivity index (χ1v) is 20.9. The minimum absolute atomic E-state index is 0.395. The summed E-state index contributed by atoms with van der Waals surface area (Å²) in [6.45, 7) is 0. The van der Waals surface area contributed by atoms with E-state index < -0.39 is 5.41 Å². The molecule has 266 valence electrons. The summed E-state index contributed by atoms with van der Waals surface area (Å²) in [5.41, 5.74) is 15.1. The molecule has 2 nitrogen and oxygen atoms in total. The number of benzene rings is 8. The van der Waals surface area contributed by atoms with Crippen LogP contribution in [-0.2, 0) is 5.41 Å². The molecule has 2 aliphatic rings. The van der Waals surface area contributed by atoms with E-state index in [9.17, 15) is 0 Å². The van der Waals surface area contributed by atoms with Crippen LogP contribution < -0.4 is 0 Å². The molecule has 0 unspecified atom stereocenters. The number of thiophene rings is 1. The molecule has 0 saturated heterocycles. The van der Waals surface area contributed by atoms with Crippen LogP contribution in [0.4, 0.5) is 0 Å². The molecule has 1 spiro atoms. The Hall–Kier alpha value is -6.59. The van der Waals surface area contributed by atoms with E-state index in [0.29, 0.717) is 0 Å². The van der Waals surface area contributed by atoms with Crippen molar-refractivity contribution in [3.05, 3.63) is 216 Å². The summed E-state index contributed by atoms with van der Waals surface area (Å²) in [4.78, 5) is 12.8. The van der Waals surface area contributed by atoms with Crippen LogP contribution in [0.3, 0.4) is 0 Å². The fourth-order valence-electron chi connectivity index (χ4n) is 9.28. The van der Waals surface area contributed by atoms with Gasteiger partial charge in [0.05, 0.1) is 16.8 Å². The van der Waals surface area contributed by atoms with Gasteiger partial charge in [0.2, 0.25) is 0 Å². The molecule has 0 bridgehead atoms. The molecule has 12 rings (SSSR count). The summed E-state index contributed by atoms with van der Waals surface area (Å²) in [5, 5.41) is 2.60. The van der Waals surface area contributed by atoms with Gasteiger partial charge in [-0.15, -0.1) is 11.3 Å². The molecule has 0 N–H and O–H groups in total. The van der Waals surface area contributed by atoms with E-state index in [2.05, 4.69) is 170 Å². The fraction of sp³-hybridized carbons (Fsp3) is 0.0189. The predicted octanol–water partition coefficient (Wildman–Crippen LogP) is 14.3. The largest absolute Gasteiger partial charge is 0.228 e. The highest BCUT2D eigenvalue weighted by atomic mass is 32.2. The quantitative estimate of drug-likeness (QED) is 0.179. The summed E-state index contributed by atoms with van der Waals surface area (Å²) in [7, 11) is 0. The molecule has 0 saturated carbocycles. The second-order valence-electron chi connectivity index (χ2n) is 14.8. The second kappa shape index (κ2) is 12.7. The van der Waals surface area contributed by atoms with Gasteiger partial charge in [0.15, 0.2) is 5.82 Å². The average Bonchev–Trinajstić information content (AvgIpc) is 3.79. The van der Waals surface area contributed by atoms with E-state index >= 15 is 0 Å². The number of nitrogens with zero attached hydrogens (tertiary/aromatic N) is 2. The number of hydrogen-bond acceptors (Lipinski definition) is 4. The normalized spacial score (nSPS) is 13.3. The number of rotatable bonds is 4. The fourth-order valence-corrected chi connectivity index (χ4v) is 11.7. The maximum atomic E-state index is 5.15. The molecule has 10 aromatic rings. The van der Waals surface area contributed by atoms with Crippen molar-refractivity contribution >= 4 is 43.3 Å². The molecule has 57 heavy (non-hydrogen) atoms. The lowest BCUT2D eigenvalue weighted by Gasteiger charge is -2.39. The summed E-state index contributed by atoms with van der Waals surface area (Å²) in [6.07, 6.45) is 0. The van der Waals surface area contributed by atoms with Gasteiger partial charge in [0.25, 0.3) is 0 Å². The molecule has 3 heterocycles. The van der Waals surface area contributed by atoms with E-state index in [1.807, 2.05) is 47.4 Å². The molecule has 2 aromatic heterocycles. The Kier molecular flexibility index (Phi) is 7.28. The zero-order valence-corrected chi connectivity index (χ0v) is 32.3. The van der Waals surface area contributed by atoms with E-state index in [0.717, 1.165) is 33.9 Å². The average molecular weight is 761 g/mol. The highest BCUT2D eigenvalue weighted by Gasteiger charge is 2.50. The lowest BCUT2D eigenvalue weighted by Crippen LogP contribution is -2.31. The monoisotopic (exact) mass is 760 g/mol. The van der Waals surface area contributed by atoms with E-state index in [1.54, 1.807) is 0 Å². The Morgan fingerprint density at radius 2 is 0.947 bits per heavy atom. The minimum atomic E-state index is -0.395. The van der Waals surface area contributed by atoms with Gasteiger partial charge in [0.1, 0.15) is 0 Å². The van der Waals surface area contributed by atoms with Crippen molar-refractivity contribution in [2.75, 3.05) is 0 Å². The van der Waals surface area contributed by atoms with Crippen LogP contribution in [0.25, 0.3) is 76.3 Å². The third kappa shape index (κ3) is 4.91. The lowest BCUT2D eigenvalue weighted by atomic mass is 9.67. The molecule has 0 atom stereocenters. The molecule has 0 radical (unpaired) electrons. The van der Waals surface area contributed by atoms with E-state index in [4.69, 9.17) is 9.97 Å². The van der Waals surface area contributed by atoms with Gasteiger partial charge in [-0.05, 0) is 80.9 Å². The van der Waals surface area contributed by atoms with Crippen molar-refractivity contribution in [2.24, 2.45) is 0 Å². The summed E-state index contributed by atoms with van der Waals surface area (Å²) >= 11 is 3.79. The predicted molar refractivity (Wildman–Crippen MR) is 238 cm³/mol. The van der Waals surface area contributed by atoms with Crippen LogP contribution in [0.2, 0.25) is 0 Å². The zero-order chi connectivity index (χ0) is 37.5. The lowest BCUT2D eigenvalue weighted by molar-refractivity contribution is 0.723. The maximum absolute atomic E-state index is 5.15. The Labute approximate surface area is 339 Å². The van der Waals surface area contributed by atoms with Gasteiger partial charge < -0.3 is 0 Å². The Morgan fingerprint density at radius 3 is 1.70 bits per heavy atom. The van der Waals surface area contributed by atoms with Crippen molar-refractivity contribution < 1.29 is 0 Å².